The maximum atomic E-state index is 4.82. The molecule has 3 aromatic rings. The van der Waals surface area contributed by atoms with Crippen molar-refractivity contribution >= 4 is 5.57 Å². The molecule has 0 bridgehead atoms. The largest absolute Gasteiger partial charge is 0.228 e. The molecule has 128 valence electrons. The zero-order valence-corrected chi connectivity index (χ0v) is 15.2. The van der Waals surface area contributed by atoms with E-state index in [4.69, 9.17) is 9.97 Å². The number of hydrogen-bond acceptors (Lipinski definition) is 2. The number of benzene rings is 2. The summed E-state index contributed by atoms with van der Waals surface area (Å²) in [7, 11) is 0. The summed E-state index contributed by atoms with van der Waals surface area (Å²) in [5.74, 6) is 0.713. The summed E-state index contributed by atoms with van der Waals surface area (Å²) in [5.41, 5.74) is 5.95. The summed E-state index contributed by atoms with van der Waals surface area (Å²) in [6.45, 7) is 7.90. The third-order valence-corrected chi connectivity index (χ3v) is 3.98. The number of rotatable bonds is 5. The van der Waals surface area contributed by atoms with Gasteiger partial charge in [-0.15, -0.1) is 0 Å². The van der Waals surface area contributed by atoms with Crippen LogP contribution < -0.4 is 0 Å². The van der Waals surface area contributed by atoms with Gasteiger partial charge >= 0.3 is 0 Å². The summed E-state index contributed by atoms with van der Waals surface area (Å²) in [6, 6.07) is 22.4. The van der Waals surface area contributed by atoms with Crippen molar-refractivity contribution in [3.05, 3.63) is 103 Å². The van der Waals surface area contributed by atoms with Crippen molar-refractivity contribution in [3.63, 3.8) is 0 Å². The molecule has 0 spiro atoms. The van der Waals surface area contributed by atoms with Crippen LogP contribution in [0, 0.1) is 0 Å². The Balaban J connectivity index is 2.16. The zero-order valence-electron chi connectivity index (χ0n) is 15.2. The van der Waals surface area contributed by atoms with Gasteiger partial charge in [-0.05, 0) is 19.9 Å². The lowest BCUT2D eigenvalue weighted by Gasteiger charge is -2.09. The summed E-state index contributed by atoms with van der Waals surface area (Å²) in [4.78, 5) is 9.64. The first-order valence-electron chi connectivity index (χ1n) is 8.67. The highest BCUT2D eigenvalue weighted by atomic mass is 14.9. The summed E-state index contributed by atoms with van der Waals surface area (Å²) in [5, 5.41) is 0. The van der Waals surface area contributed by atoms with E-state index in [-0.39, 0.29) is 0 Å². The molecule has 2 aromatic carbocycles. The second kappa shape index (κ2) is 8.21. The molecule has 2 heteroatoms. The Bertz CT molecular complexity index is 894. The number of aromatic nitrogens is 2. The standard InChI is InChI=1S/C24H22N2/c1-4-19(16-15-18(2)3)24-25-22(20-11-7-5-8-12-20)17-23(26-24)21-13-9-6-10-14-21/h4-17H,2H2,1,3H3/b16-15-,19-4+. The predicted molar refractivity (Wildman–Crippen MR) is 111 cm³/mol. The van der Waals surface area contributed by atoms with E-state index in [9.17, 15) is 0 Å². The van der Waals surface area contributed by atoms with Crippen molar-refractivity contribution in [3.8, 4) is 22.5 Å². The molecule has 2 nitrogen and oxygen atoms in total. The molecular weight excluding hydrogens is 316 g/mol. The summed E-state index contributed by atoms with van der Waals surface area (Å²) < 4.78 is 0. The molecule has 1 aromatic heterocycles. The molecule has 3 rings (SSSR count). The van der Waals surface area contributed by atoms with E-state index >= 15 is 0 Å². The van der Waals surface area contributed by atoms with E-state index in [0.717, 1.165) is 33.7 Å². The molecule has 0 saturated carbocycles. The van der Waals surface area contributed by atoms with Gasteiger partial charge in [0.25, 0.3) is 0 Å². The second-order valence-electron chi connectivity index (χ2n) is 6.12. The minimum absolute atomic E-state index is 0.713. The molecule has 0 fully saturated rings. The van der Waals surface area contributed by atoms with Crippen LogP contribution in [-0.4, -0.2) is 9.97 Å². The molecule has 0 aliphatic heterocycles. The normalized spacial score (nSPS) is 11.7. The Labute approximate surface area is 155 Å². The van der Waals surface area contributed by atoms with Crippen LogP contribution >= 0.6 is 0 Å². The lowest BCUT2D eigenvalue weighted by atomic mass is 10.1. The smallest absolute Gasteiger partial charge is 0.160 e. The number of hydrogen-bond donors (Lipinski definition) is 0. The van der Waals surface area contributed by atoms with Gasteiger partial charge in [-0.1, -0.05) is 91.0 Å². The molecule has 0 aliphatic carbocycles. The predicted octanol–water partition coefficient (Wildman–Crippen LogP) is 6.35. The first-order chi connectivity index (χ1) is 12.7. The maximum Gasteiger partial charge on any atom is 0.160 e. The minimum atomic E-state index is 0.713. The van der Waals surface area contributed by atoms with E-state index in [1.165, 1.54) is 0 Å². The zero-order chi connectivity index (χ0) is 18.4. The van der Waals surface area contributed by atoms with E-state index in [1.807, 2.05) is 74.5 Å². The van der Waals surface area contributed by atoms with Gasteiger partial charge in [-0.2, -0.15) is 0 Å². The monoisotopic (exact) mass is 338 g/mol. The molecule has 26 heavy (non-hydrogen) atoms. The molecule has 0 atom stereocenters. The molecule has 0 aliphatic rings. The van der Waals surface area contributed by atoms with E-state index in [2.05, 4.69) is 30.8 Å². The van der Waals surface area contributed by atoms with Gasteiger partial charge in [0.05, 0.1) is 11.4 Å². The lowest BCUT2D eigenvalue weighted by Crippen LogP contribution is -1.98. The Morgan fingerprint density at radius 3 is 1.73 bits per heavy atom. The fourth-order valence-corrected chi connectivity index (χ4v) is 2.62. The van der Waals surface area contributed by atoms with Crippen LogP contribution in [0.2, 0.25) is 0 Å². The van der Waals surface area contributed by atoms with Crippen LogP contribution in [0.1, 0.15) is 19.7 Å². The van der Waals surface area contributed by atoms with Crippen molar-refractivity contribution < 1.29 is 0 Å². The van der Waals surface area contributed by atoms with Crippen molar-refractivity contribution in [2.75, 3.05) is 0 Å². The van der Waals surface area contributed by atoms with Crippen LogP contribution in [-0.2, 0) is 0 Å². The molecule has 1 heterocycles. The Hall–Kier alpha value is -3.26. The van der Waals surface area contributed by atoms with Gasteiger partial charge < -0.3 is 0 Å². The summed E-state index contributed by atoms with van der Waals surface area (Å²) >= 11 is 0. The van der Waals surface area contributed by atoms with E-state index in [1.54, 1.807) is 0 Å². The average molecular weight is 338 g/mol. The van der Waals surface area contributed by atoms with Gasteiger partial charge in [0.1, 0.15) is 0 Å². The van der Waals surface area contributed by atoms with E-state index < -0.39 is 0 Å². The van der Waals surface area contributed by atoms with Crippen molar-refractivity contribution in [1.82, 2.24) is 9.97 Å². The van der Waals surface area contributed by atoms with Crippen molar-refractivity contribution in [2.45, 2.75) is 13.8 Å². The van der Waals surface area contributed by atoms with Gasteiger partial charge in [-0.3, -0.25) is 0 Å². The highest BCUT2D eigenvalue weighted by Crippen LogP contribution is 2.26. The minimum Gasteiger partial charge on any atom is -0.228 e. The molecule has 0 unspecified atom stereocenters. The quantitative estimate of drug-likeness (QED) is 0.507. The van der Waals surface area contributed by atoms with Crippen molar-refractivity contribution in [1.29, 1.82) is 0 Å². The Morgan fingerprint density at radius 1 is 0.808 bits per heavy atom. The SMILES string of the molecule is C=C(C)/C=C\C(=C/C)c1nc(-c2ccccc2)cc(-c2ccccc2)n1. The highest BCUT2D eigenvalue weighted by Gasteiger charge is 2.10. The molecule has 0 amide bonds. The highest BCUT2D eigenvalue weighted by molar-refractivity contribution is 5.75. The van der Waals surface area contributed by atoms with Crippen LogP contribution in [0.4, 0.5) is 0 Å². The summed E-state index contributed by atoms with van der Waals surface area (Å²) in [6.07, 6.45) is 6.02. The molecule has 0 saturated heterocycles. The second-order valence-corrected chi connectivity index (χ2v) is 6.12. The maximum absolute atomic E-state index is 4.82. The topological polar surface area (TPSA) is 25.8 Å². The van der Waals surface area contributed by atoms with Crippen LogP contribution in [0.3, 0.4) is 0 Å². The van der Waals surface area contributed by atoms with Crippen LogP contribution in [0.5, 0.6) is 0 Å². The fraction of sp³-hybridized carbons (Fsp3) is 0.0833. The molecule has 0 N–H and O–H groups in total. The average Bonchev–Trinajstić information content (AvgIpc) is 2.69. The van der Waals surface area contributed by atoms with Gasteiger partial charge in [0.2, 0.25) is 0 Å². The Morgan fingerprint density at radius 2 is 1.31 bits per heavy atom. The third-order valence-electron chi connectivity index (χ3n) is 3.98. The van der Waals surface area contributed by atoms with E-state index in [0.29, 0.717) is 5.82 Å². The van der Waals surface area contributed by atoms with Gasteiger partial charge in [0.15, 0.2) is 5.82 Å². The van der Waals surface area contributed by atoms with Crippen LogP contribution in [0.25, 0.3) is 28.1 Å². The number of nitrogens with zero attached hydrogens (tertiary/aromatic N) is 2. The van der Waals surface area contributed by atoms with Crippen molar-refractivity contribution in [2.24, 2.45) is 0 Å². The fourth-order valence-electron chi connectivity index (χ4n) is 2.62. The van der Waals surface area contributed by atoms with Crippen LogP contribution in [0.15, 0.2) is 97.1 Å². The Kier molecular flexibility index (Phi) is 5.55. The first-order valence-corrected chi connectivity index (χ1v) is 8.67. The van der Waals surface area contributed by atoms with Gasteiger partial charge in [0, 0.05) is 16.7 Å². The lowest BCUT2D eigenvalue weighted by molar-refractivity contribution is 1.13. The first kappa shape index (κ1) is 17.6. The van der Waals surface area contributed by atoms with Gasteiger partial charge in [-0.25, -0.2) is 9.97 Å². The number of allylic oxidation sites excluding steroid dienone is 5. The molecule has 0 radical (unpaired) electrons. The third kappa shape index (κ3) is 4.22. The molecular formula is C24H22N2.